The molecule has 3 aliphatic rings. The number of allylic oxidation sites excluding steroid dienone is 1. The highest BCUT2D eigenvalue weighted by molar-refractivity contribution is 6.30. The van der Waals surface area contributed by atoms with Crippen LogP contribution in [-0.2, 0) is 0 Å². The normalized spacial score (nSPS) is 23.9. The Labute approximate surface area is 226 Å². The van der Waals surface area contributed by atoms with E-state index in [4.69, 9.17) is 17.3 Å². The highest BCUT2D eigenvalue weighted by atomic mass is 35.5. The third-order valence-electron chi connectivity index (χ3n) is 8.36. The molecule has 0 aromatic heterocycles. The van der Waals surface area contributed by atoms with Crippen LogP contribution in [0.15, 0.2) is 54.1 Å². The third kappa shape index (κ3) is 6.55. The molecule has 2 fully saturated rings. The Balaban J connectivity index is 1.28. The van der Waals surface area contributed by atoms with Gasteiger partial charge in [-0.3, -0.25) is 9.69 Å². The van der Waals surface area contributed by atoms with Crippen LogP contribution < -0.4 is 16.0 Å². The second kappa shape index (κ2) is 11.6. The smallest absolute Gasteiger partial charge is 0.248 e. The van der Waals surface area contributed by atoms with Gasteiger partial charge in [-0.2, -0.15) is 0 Å². The lowest BCUT2D eigenvalue weighted by molar-refractivity contribution is 0.100. The minimum atomic E-state index is -0.377. The third-order valence-corrected chi connectivity index (χ3v) is 8.61. The topological polar surface area (TPSA) is 64.8 Å². The fourth-order valence-corrected chi connectivity index (χ4v) is 6.41. The van der Waals surface area contributed by atoms with Crippen molar-refractivity contribution < 1.29 is 4.79 Å². The van der Waals surface area contributed by atoms with Gasteiger partial charge >= 0.3 is 0 Å². The Bertz CT molecular complexity index is 1100. The lowest BCUT2D eigenvalue weighted by Crippen LogP contribution is -2.49. The summed E-state index contributed by atoms with van der Waals surface area (Å²) in [6.07, 6.45) is 3.52. The zero-order valence-corrected chi connectivity index (χ0v) is 22.8. The van der Waals surface area contributed by atoms with E-state index in [9.17, 15) is 4.79 Å². The molecule has 0 saturated carbocycles. The number of hydrogen-bond acceptors (Lipinski definition) is 5. The monoisotopic (exact) mass is 521 g/mol. The minimum Gasteiger partial charge on any atom is -0.369 e. The summed E-state index contributed by atoms with van der Waals surface area (Å²) in [5, 5.41) is 4.29. The van der Waals surface area contributed by atoms with Gasteiger partial charge in [0.2, 0.25) is 5.91 Å². The molecule has 0 spiro atoms. The molecule has 2 aromatic carbocycles. The van der Waals surface area contributed by atoms with Gasteiger partial charge in [0, 0.05) is 81.7 Å². The highest BCUT2D eigenvalue weighted by Gasteiger charge is 2.34. The summed E-state index contributed by atoms with van der Waals surface area (Å²) in [5.41, 5.74) is 11.9. The van der Waals surface area contributed by atoms with E-state index in [0.717, 1.165) is 82.5 Å². The largest absolute Gasteiger partial charge is 0.369 e. The second-order valence-corrected chi connectivity index (χ2v) is 11.7. The molecule has 198 valence electrons. The van der Waals surface area contributed by atoms with E-state index >= 15 is 0 Å². The first kappa shape index (κ1) is 26.2. The molecule has 0 radical (unpaired) electrons. The summed E-state index contributed by atoms with van der Waals surface area (Å²) in [6.45, 7) is 13.3. The molecule has 0 unspecified atom stereocenters. The van der Waals surface area contributed by atoms with Gasteiger partial charge in [-0.1, -0.05) is 36.2 Å². The number of primary amides is 1. The van der Waals surface area contributed by atoms with Crippen molar-refractivity contribution >= 4 is 28.8 Å². The molecule has 1 aliphatic carbocycles. The number of rotatable bonds is 7. The molecule has 7 heteroatoms. The zero-order chi connectivity index (χ0) is 25.8. The van der Waals surface area contributed by atoms with Crippen LogP contribution in [0.3, 0.4) is 0 Å². The van der Waals surface area contributed by atoms with Crippen LogP contribution in [0.25, 0.3) is 5.57 Å². The molecule has 3 N–H and O–H groups in total. The molecule has 1 atom stereocenters. The summed E-state index contributed by atoms with van der Waals surface area (Å²) < 4.78 is 0. The number of nitrogens with two attached hydrogens (primary N) is 1. The van der Waals surface area contributed by atoms with Crippen molar-refractivity contribution in [3.05, 3.63) is 70.3 Å². The number of nitrogens with one attached hydrogen (secondary N) is 1. The standard InChI is InChI=1S/C30H40ClN5O/c1-30(22-35-14-12-33-13-15-35)11-10-28(23-2-6-26(31)7-3-23)25(20-30)21-34-16-18-36(19-17-34)27-8-4-24(5-9-27)29(32)37/h2-9,33H,10-22H2,1H3,(H2,32,37)/t30-/m1/s1. The van der Waals surface area contributed by atoms with Crippen LogP contribution in [0.2, 0.25) is 5.02 Å². The Morgan fingerprint density at radius 3 is 2.27 bits per heavy atom. The number of nitrogens with zero attached hydrogens (tertiary/aromatic N) is 3. The molecule has 0 bridgehead atoms. The van der Waals surface area contributed by atoms with E-state index < -0.39 is 0 Å². The number of piperazine rings is 2. The van der Waals surface area contributed by atoms with E-state index in [1.165, 1.54) is 24.1 Å². The first-order chi connectivity index (χ1) is 17.9. The summed E-state index contributed by atoms with van der Waals surface area (Å²) in [4.78, 5) is 19.1. The molecule has 2 heterocycles. The van der Waals surface area contributed by atoms with Crippen LogP contribution in [0.4, 0.5) is 5.69 Å². The average molecular weight is 522 g/mol. The predicted octanol–water partition coefficient (Wildman–Crippen LogP) is 4.11. The van der Waals surface area contributed by atoms with Gasteiger partial charge < -0.3 is 20.9 Å². The van der Waals surface area contributed by atoms with Crippen molar-refractivity contribution in [1.29, 1.82) is 0 Å². The molecule has 2 aliphatic heterocycles. The van der Waals surface area contributed by atoms with Crippen LogP contribution in [0, 0.1) is 5.41 Å². The van der Waals surface area contributed by atoms with E-state index in [1.54, 1.807) is 5.57 Å². The average Bonchev–Trinajstić information content (AvgIpc) is 2.90. The van der Waals surface area contributed by atoms with Crippen molar-refractivity contribution in [1.82, 2.24) is 15.1 Å². The molecule has 5 rings (SSSR count). The summed E-state index contributed by atoms with van der Waals surface area (Å²) in [6, 6.07) is 16.1. The number of carbonyl (C=O) groups is 1. The SMILES string of the molecule is C[C@@]1(CN2CCNCC2)CCC(c2ccc(Cl)cc2)=C(CN2CCN(c3ccc(C(N)=O)cc3)CC2)C1. The van der Waals surface area contributed by atoms with Crippen molar-refractivity contribution in [3.8, 4) is 0 Å². The Morgan fingerprint density at radius 2 is 1.62 bits per heavy atom. The number of carbonyl (C=O) groups excluding carboxylic acids is 1. The maximum Gasteiger partial charge on any atom is 0.248 e. The van der Waals surface area contributed by atoms with Gasteiger partial charge in [-0.15, -0.1) is 0 Å². The predicted molar refractivity (Wildman–Crippen MR) is 153 cm³/mol. The Hall–Kier alpha value is -2.38. The summed E-state index contributed by atoms with van der Waals surface area (Å²) in [7, 11) is 0. The number of amides is 1. The molecular formula is C30H40ClN5O. The van der Waals surface area contributed by atoms with Crippen molar-refractivity contribution in [2.45, 2.75) is 26.2 Å². The van der Waals surface area contributed by atoms with E-state index in [0.29, 0.717) is 11.0 Å². The maximum absolute atomic E-state index is 11.4. The molecule has 2 aromatic rings. The van der Waals surface area contributed by atoms with Crippen LogP contribution in [0.1, 0.15) is 42.1 Å². The Kier molecular flexibility index (Phi) is 8.20. The lowest BCUT2D eigenvalue weighted by atomic mass is 9.71. The van der Waals surface area contributed by atoms with Gasteiger partial charge in [0.05, 0.1) is 0 Å². The van der Waals surface area contributed by atoms with Gasteiger partial charge in [0.1, 0.15) is 0 Å². The van der Waals surface area contributed by atoms with Crippen LogP contribution in [0.5, 0.6) is 0 Å². The second-order valence-electron chi connectivity index (χ2n) is 11.3. The number of benzene rings is 2. The minimum absolute atomic E-state index is 0.312. The zero-order valence-electron chi connectivity index (χ0n) is 22.0. The molecule has 6 nitrogen and oxygen atoms in total. The number of hydrogen-bond donors (Lipinski definition) is 2. The van der Waals surface area contributed by atoms with Crippen LogP contribution in [-0.4, -0.2) is 81.2 Å². The van der Waals surface area contributed by atoms with E-state index in [2.05, 4.69) is 39.1 Å². The quantitative estimate of drug-likeness (QED) is 0.574. The molecule has 1 amide bonds. The van der Waals surface area contributed by atoms with E-state index in [-0.39, 0.29) is 5.91 Å². The number of anilines is 1. The molecule has 2 saturated heterocycles. The van der Waals surface area contributed by atoms with Crippen LogP contribution >= 0.6 is 11.6 Å². The van der Waals surface area contributed by atoms with Crippen molar-refractivity contribution in [3.63, 3.8) is 0 Å². The first-order valence-electron chi connectivity index (χ1n) is 13.7. The maximum atomic E-state index is 11.4. The summed E-state index contributed by atoms with van der Waals surface area (Å²) >= 11 is 6.22. The number of halogens is 1. The summed E-state index contributed by atoms with van der Waals surface area (Å²) in [5.74, 6) is -0.377. The lowest BCUT2D eigenvalue weighted by Gasteiger charge is -2.43. The van der Waals surface area contributed by atoms with Gasteiger partial charge in [-0.05, 0) is 72.2 Å². The highest BCUT2D eigenvalue weighted by Crippen LogP contribution is 2.44. The van der Waals surface area contributed by atoms with Crippen molar-refractivity contribution in [2.75, 3.05) is 70.3 Å². The fourth-order valence-electron chi connectivity index (χ4n) is 6.28. The van der Waals surface area contributed by atoms with Crippen molar-refractivity contribution in [2.24, 2.45) is 11.1 Å². The first-order valence-corrected chi connectivity index (χ1v) is 14.0. The molecular weight excluding hydrogens is 482 g/mol. The van der Waals surface area contributed by atoms with Gasteiger partial charge in [-0.25, -0.2) is 0 Å². The fraction of sp³-hybridized carbons (Fsp3) is 0.500. The Morgan fingerprint density at radius 1 is 0.946 bits per heavy atom. The van der Waals surface area contributed by atoms with Gasteiger partial charge in [0.25, 0.3) is 0 Å². The van der Waals surface area contributed by atoms with Gasteiger partial charge in [0.15, 0.2) is 0 Å². The molecule has 37 heavy (non-hydrogen) atoms. The van der Waals surface area contributed by atoms with E-state index in [1.807, 2.05) is 36.4 Å².